The van der Waals surface area contributed by atoms with Crippen molar-refractivity contribution in [3.8, 4) is 0 Å². The van der Waals surface area contributed by atoms with E-state index in [0.29, 0.717) is 13.0 Å². The molecule has 0 aliphatic rings. The molecule has 0 bridgehead atoms. The number of rotatable bonds is 4. The molecule has 1 aromatic heterocycles. The quantitative estimate of drug-likeness (QED) is 0.922. The highest BCUT2D eigenvalue weighted by Crippen LogP contribution is 2.19. The second-order valence-corrected chi connectivity index (χ2v) is 5.58. The Hall–Kier alpha value is -1.13. The van der Waals surface area contributed by atoms with Crippen LogP contribution in [0.3, 0.4) is 0 Å². The van der Waals surface area contributed by atoms with Crippen LogP contribution in [0.2, 0.25) is 0 Å². The lowest BCUT2D eigenvalue weighted by Gasteiger charge is -2.03. The van der Waals surface area contributed by atoms with Gasteiger partial charge >= 0.3 is 0 Å². The van der Waals surface area contributed by atoms with Crippen molar-refractivity contribution in [1.82, 2.24) is 5.32 Å². The van der Waals surface area contributed by atoms with Crippen LogP contribution >= 0.6 is 27.3 Å². The zero-order valence-electron chi connectivity index (χ0n) is 9.15. The molecule has 0 atom stereocenters. The van der Waals surface area contributed by atoms with Gasteiger partial charge in [0, 0.05) is 21.3 Å². The van der Waals surface area contributed by atoms with E-state index in [9.17, 15) is 4.79 Å². The maximum absolute atomic E-state index is 11.7. The van der Waals surface area contributed by atoms with Crippen molar-refractivity contribution in [2.45, 2.75) is 13.0 Å². The summed E-state index contributed by atoms with van der Waals surface area (Å²) in [5, 5.41) is 4.90. The normalized spacial score (nSPS) is 10.2. The summed E-state index contributed by atoms with van der Waals surface area (Å²) in [7, 11) is 0. The molecule has 0 fully saturated rings. The maximum Gasteiger partial charge on any atom is 0.225 e. The van der Waals surface area contributed by atoms with Gasteiger partial charge in [-0.2, -0.15) is 0 Å². The molecule has 1 aromatic carbocycles. The second kappa shape index (κ2) is 5.98. The molecule has 88 valence electrons. The SMILES string of the molecule is O=C(Cc1cc(Br)cs1)NCc1ccccc1. The van der Waals surface area contributed by atoms with Crippen LogP contribution < -0.4 is 5.32 Å². The van der Waals surface area contributed by atoms with Gasteiger partial charge in [0.15, 0.2) is 0 Å². The van der Waals surface area contributed by atoms with Gasteiger partial charge in [0.2, 0.25) is 5.91 Å². The predicted octanol–water partition coefficient (Wildman–Crippen LogP) is 3.37. The monoisotopic (exact) mass is 309 g/mol. The van der Waals surface area contributed by atoms with Crippen LogP contribution in [0.5, 0.6) is 0 Å². The van der Waals surface area contributed by atoms with Crippen molar-refractivity contribution in [3.05, 3.63) is 56.7 Å². The summed E-state index contributed by atoms with van der Waals surface area (Å²) >= 11 is 4.97. The third kappa shape index (κ3) is 3.98. The molecule has 17 heavy (non-hydrogen) atoms. The summed E-state index contributed by atoms with van der Waals surface area (Å²) in [5.74, 6) is 0.0585. The van der Waals surface area contributed by atoms with E-state index in [2.05, 4.69) is 21.2 Å². The number of thiophene rings is 1. The van der Waals surface area contributed by atoms with Crippen molar-refractivity contribution >= 4 is 33.2 Å². The van der Waals surface area contributed by atoms with Crippen molar-refractivity contribution in [2.24, 2.45) is 0 Å². The average molecular weight is 310 g/mol. The summed E-state index contributed by atoms with van der Waals surface area (Å²) in [5.41, 5.74) is 1.12. The molecule has 0 spiro atoms. The van der Waals surface area contributed by atoms with E-state index in [1.54, 1.807) is 11.3 Å². The Kier molecular flexibility index (Phi) is 4.34. The summed E-state index contributed by atoms with van der Waals surface area (Å²) < 4.78 is 1.04. The molecular formula is C13H12BrNOS. The Morgan fingerprint density at radius 1 is 1.29 bits per heavy atom. The number of amides is 1. The van der Waals surface area contributed by atoms with Gasteiger partial charge in [-0.3, -0.25) is 4.79 Å². The molecule has 1 amide bonds. The fraction of sp³-hybridized carbons (Fsp3) is 0.154. The van der Waals surface area contributed by atoms with Gasteiger partial charge in [0.25, 0.3) is 0 Å². The summed E-state index contributed by atoms with van der Waals surface area (Å²) in [6, 6.07) is 11.9. The van der Waals surface area contributed by atoms with Crippen molar-refractivity contribution in [3.63, 3.8) is 0 Å². The topological polar surface area (TPSA) is 29.1 Å². The number of carbonyl (C=O) groups is 1. The highest BCUT2D eigenvalue weighted by Gasteiger charge is 2.05. The fourth-order valence-electron chi connectivity index (χ4n) is 1.46. The van der Waals surface area contributed by atoms with Gasteiger partial charge in [-0.05, 0) is 27.6 Å². The van der Waals surface area contributed by atoms with Gasteiger partial charge in [-0.15, -0.1) is 11.3 Å². The molecule has 0 saturated carbocycles. The first-order valence-corrected chi connectivity index (χ1v) is 6.95. The molecule has 0 unspecified atom stereocenters. The smallest absolute Gasteiger partial charge is 0.225 e. The van der Waals surface area contributed by atoms with E-state index >= 15 is 0 Å². The first-order valence-electron chi connectivity index (χ1n) is 5.27. The first-order chi connectivity index (χ1) is 8.24. The van der Waals surface area contributed by atoms with Crippen LogP contribution in [0, 0.1) is 0 Å². The Bertz CT molecular complexity index is 495. The highest BCUT2D eigenvalue weighted by molar-refractivity contribution is 9.10. The molecule has 4 heteroatoms. The van der Waals surface area contributed by atoms with Gasteiger partial charge in [0.05, 0.1) is 6.42 Å². The Morgan fingerprint density at radius 3 is 2.71 bits per heavy atom. The number of hydrogen-bond acceptors (Lipinski definition) is 2. The Balaban J connectivity index is 1.82. The van der Waals surface area contributed by atoms with Crippen LogP contribution in [0.15, 0.2) is 46.3 Å². The fourth-order valence-corrected chi connectivity index (χ4v) is 2.91. The third-order valence-corrected chi connectivity index (χ3v) is 3.99. The zero-order valence-corrected chi connectivity index (χ0v) is 11.6. The molecular weight excluding hydrogens is 298 g/mol. The van der Waals surface area contributed by atoms with Crippen LogP contribution in [0.4, 0.5) is 0 Å². The second-order valence-electron chi connectivity index (χ2n) is 3.67. The van der Waals surface area contributed by atoms with Gasteiger partial charge in [-0.1, -0.05) is 30.3 Å². The first kappa shape index (κ1) is 12.3. The van der Waals surface area contributed by atoms with Crippen LogP contribution in [-0.2, 0) is 17.8 Å². The number of nitrogens with one attached hydrogen (secondary N) is 1. The zero-order chi connectivity index (χ0) is 12.1. The van der Waals surface area contributed by atoms with Crippen molar-refractivity contribution in [1.29, 1.82) is 0 Å². The lowest BCUT2D eigenvalue weighted by atomic mass is 10.2. The number of carbonyl (C=O) groups excluding carboxylic acids is 1. The van der Waals surface area contributed by atoms with Gasteiger partial charge in [-0.25, -0.2) is 0 Å². The number of hydrogen-bond donors (Lipinski definition) is 1. The summed E-state index contributed by atoms with van der Waals surface area (Å²) in [6.45, 7) is 0.590. The maximum atomic E-state index is 11.7. The van der Waals surface area contributed by atoms with Crippen molar-refractivity contribution in [2.75, 3.05) is 0 Å². The molecule has 1 N–H and O–H groups in total. The largest absolute Gasteiger partial charge is 0.352 e. The van der Waals surface area contributed by atoms with E-state index in [1.807, 2.05) is 41.8 Å². The van der Waals surface area contributed by atoms with Gasteiger partial charge < -0.3 is 5.32 Å². The molecule has 0 saturated heterocycles. The lowest BCUT2D eigenvalue weighted by molar-refractivity contribution is -0.120. The highest BCUT2D eigenvalue weighted by atomic mass is 79.9. The van der Waals surface area contributed by atoms with Crippen LogP contribution in [0.1, 0.15) is 10.4 Å². The molecule has 2 aromatic rings. The number of benzene rings is 1. The standard InChI is InChI=1S/C13H12BrNOS/c14-11-6-12(17-9-11)7-13(16)15-8-10-4-2-1-3-5-10/h1-6,9H,7-8H2,(H,15,16). The summed E-state index contributed by atoms with van der Waals surface area (Å²) in [6.07, 6.45) is 0.448. The van der Waals surface area contributed by atoms with E-state index in [4.69, 9.17) is 0 Å². The van der Waals surface area contributed by atoms with Gasteiger partial charge in [0.1, 0.15) is 0 Å². The van der Waals surface area contributed by atoms with E-state index < -0.39 is 0 Å². The van der Waals surface area contributed by atoms with Crippen LogP contribution in [0.25, 0.3) is 0 Å². The van der Waals surface area contributed by atoms with E-state index in [1.165, 1.54) is 0 Å². The lowest BCUT2D eigenvalue weighted by Crippen LogP contribution is -2.24. The molecule has 0 radical (unpaired) electrons. The molecule has 0 aliphatic heterocycles. The average Bonchev–Trinajstić information content (AvgIpc) is 2.73. The Morgan fingerprint density at radius 2 is 2.06 bits per heavy atom. The number of halogens is 1. The molecule has 2 nitrogen and oxygen atoms in total. The third-order valence-electron chi connectivity index (χ3n) is 2.29. The van der Waals surface area contributed by atoms with Crippen molar-refractivity contribution < 1.29 is 4.79 Å². The minimum absolute atomic E-state index is 0.0585. The van der Waals surface area contributed by atoms with E-state index in [0.717, 1.165) is 14.9 Å². The Labute approximate surface area is 113 Å². The summed E-state index contributed by atoms with van der Waals surface area (Å²) in [4.78, 5) is 12.7. The minimum Gasteiger partial charge on any atom is -0.352 e. The molecule has 1 heterocycles. The minimum atomic E-state index is 0.0585. The predicted molar refractivity (Wildman–Crippen MR) is 74.0 cm³/mol. The van der Waals surface area contributed by atoms with Crippen LogP contribution in [-0.4, -0.2) is 5.91 Å². The van der Waals surface area contributed by atoms with E-state index in [-0.39, 0.29) is 5.91 Å². The molecule has 0 aliphatic carbocycles. The molecule has 2 rings (SSSR count).